The number of hydrogen-bond acceptors (Lipinski definition) is 4. The van der Waals surface area contributed by atoms with Crippen LogP contribution in [0.1, 0.15) is 30.9 Å². The summed E-state index contributed by atoms with van der Waals surface area (Å²) in [6.45, 7) is 2.09. The lowest BCUT2D eigenvalue weighted by molar-refractivity contribution is -0.121. The summed E-state index contributed by atoms with van der Waals surface area (Å²) in [5.41, 5.74) is 4.61. The predicted octanol–water partition coefficient (Wildman–Crippen LogP) is 1.52. The van der Waals surface area contributed by atoms with E-state index in [1.807, 2.05) is 24.3 Å². The molecule has 0 radical (unpaired) electrons. The zero-order valence-electron chi connectivity index (χ0n) is 12.1. The lowest BCUT2D eigenvalue weighted by Gasteiger charge is -2.05. The molecule has 114 valence electrons. The lowest BCUT2D eigenvalue weighted by atomic mass is 10.1. The molecule has 21 heavy (non-hydrogen) atoms. The molecule has 1 amide bonds. The highest BCUT2D eigenvalue weighted by atomic mass is 32.2. The fourth-order valence-electron chi connectivity index (χ4n) is 2.36. The van der Waals surface area contributed by atoms with Crippen LogP contribution in [0.15, 0.2) is 29.4 Å². The molecule has 1 fully saturated rings. The van der Waals surface area contributed by atoms with Crippen molar-refractivity contribution in [3.63, 3.8) is 0 Å². The molecule has 0 aromatic heterocycles. The summed E-state index contributed by atoms with van der Waals surface area (Å²) >= 11 is 0. The van der Waals surface area contributed by atoms with Crippen molar-refractivity contribution in [1.82, 2.24) is 5.43 Å². The van der Waals surface area contributed by atoms with Crippen LogP contribution in [-0.2, 0) is 21.1 Å². The van der Waals surface area contributed by atoms with E-state index in [-0.39, 0.29) is 29.8 Å². The maximum atomic E-state index is 11.7. The first-order valence-corrected chi connectivity index (χ1v) is 8.92. The average molecular weight is 308 g/mol. The molecule has 1 atom stereocenters. The smallest absolute Gasteiger partial charge is 0.240 e. The third-order valence-electron chi connectivity index (χ3n) is 3.59. The van der Waals surface area contributed by atoms with Gasteiger partial charge in [-0.1, -0.05) is 31.2 Å². The number of sulfone groups is 1. The van der Waals surface area contributed by atoms with Gasteiger partial charge in [-0.05, 0) is 29.9 Å². The van der Waals surface area contributed by atoms with E-state index in [1.54, 1.807) is 6.21 Å². The van der Waals surface area contributed by atoms with Crippen molar-refractivity contribution < 1.29 is 13.2 Å². The minimum atomic E-state index is -2.93. The monoisotopic (exact) mass is 308 g/mol. The fourth-order valence-corrected chi connectivity index (χ4v) is 4.22. The lowest BCUT2D eigenvalue weighted by Crippen LogP contribution is -2.21. The van der Waals surface area contributed by atoms with Crippen LogP contribution in [0.3, 0.4) is 0 Å². The fraction of sp³-hybridized carbons (Fsp3) is 0.467. The first-order valence-electron chi connectivity index (χ1n) is 7.10. The molecule has 1 heterocycles. The molecule has 5 nitrogen and oxygen atoms in total. The largest absolute Gasteiger partial charge is 0.273 e. The molecule has 0 saturated carbocycles. The number of amides is 1. The second-order valence-electron chi connectivity index (χ2n) is 5.36. The Bertz CT molecular complexity index is 621. The van der Waals surface area contributed by atoms with Crippen molar-refractivity contribution in [1.29, 1.82) is 0 Å². The number of carbonyl (C=O) groups excluding carboxylic acids is 1. The molecule has 6 heteroatoms. The van der Waals surface area contributed by atoms with Crippen molar-refractivity contribution in [2.75, 3.05) is 11.5 Å². The van der Waals surface area contributed by atoms with E-state index in [9.17, 15) is 13.2 Å². The number of nitrogens with zero attached hydrogens (tertiary/aromatic N) is 1. The molecular formula is C15H20N2O3S. The Morgan fingerprint density at radius 2 is 2.10 bits per heavy atom. The van der Waals surface area contributed by atoms with E-state index < -0.39 is 9.84 Å². The molecule has 1 N–H and O–H groups in total. The van der Waals surface area contributed by atoms with Gasteiger partial charge in [-0.15, -0.1) is 0 Å². The van der Waals surface area contributed by atoms with Crippen molar-refractivity contribution in [2.45, 2.75) is 26.2 Å². The first kappa shape index (κ1) is 15.7. The number of carbonyl (C=O) groups is 1. The Morgan fingerprint density at radius 3 is 2.67 bits per heavy atom. The van der Waals surface area contributed by atoms with Crippen molar-refractivity contribution in [3.8, 4) is 0 Å². The number of aryl methyl sites for hydroxylation is 1. The Kier molecular flexibility index (Phi) is 5.12. The minimum Gasteiger partial charge on any atom is -0.273 e. The molecule has 1 aliphatic heterocycles. The molecule has 0 aliphatic carbocycles. The van der Waals surface area contributed by atoms with Crippen LogP contribution in [0.4, 0.5) is 0 Å². The number of hydrogen-bond donors (Lipinski definition) is 1. The topological polar surface area (TPSA) is 75.6 Å². The number of hydrazone groups is 1. The van der Waals surface area contributed by atoms with Gasteiger partial charge in [-0.2, -0.15) is 5.10 Å². The van der Waals surface area contributed by atoms with Gasteiger partial charge in [-0.25, -0.2) is 13.8 Å². The SMILES string of the molecule is CCc1ccc(/C=N\NC(=O)C[C@H]2CCS(=O)(=O)C2)cc1. The third-order valence-corrected chi connectivity index (χ3v) is 5.43. The molecule has 1 aliphatic rings. The summed E-state index contributed by atoms with van der Waals surface area (Å²) in [5, 5.41) is 3.90. The quantitative estimate of drug-likeness (QED) is 0.662. The van der Waals surface area contributed by atoms with Crippen molar-refractivity contribution >= 4 is 22.0 Å². The summed E-state index contributed by atoms with van der Waals surface area (Å²) in [6.07, 6.45) is 3.35. The van der Waals surface area contributed by atoms with Gasteiger partial charge in [0.05, 0.1) is 17.7 Å². The first-order chi connectivity index (χ1) is 9.98. The van der Waals surface area contributed by atoms with Crippen molar-refractivity contribution in [2.24, 2.45) is 11.0 Å². The second kappa shape index (κ2) is 6.85. The third kappa shape index (κ3) is 4.97. The molecular weight excluding hydrogens is 288 g/mol. The van der Waals surface area contributed by atoms with Gasteiger partial charge in [-0.3, -0.25) is 4.79 Å². The normalized spacial score (nSPS) is 20.7. The zero-order chi connectivity index (χ0) is 15.3. The van der Waals surface area contributed by atoms with Crippen LogP contribution in [-0.4, -0.2) is 32.0 Å². The summed E-state index contributed by atoms with van der Waals surface area (Å²) in [5.74, 6) is -0.00628. The Morgan fingerprint density at radius 1 is 1.38 bits per heavy atom. The van der Waals surface area contributed by atoms with E-state index in [2.05, 4.69) is 17.5 Å². The van der Waals surface area contributed by atoms with Crippen molar-refractivity contribution in [3.05, 3.63) is 35.4 Å². The number of benzene rings is 1. The van der Waals surface area contributed by atoms with Crippen LogP contribution in [0.25, 0.3) is 0 Å². The van der Waals surface area contributed by atoms with Gasteiger partial charge in [0.15, 0.2) is 9.84 Å². The minimum absolute atomic E-state index is 0.0750. The van der Waals surface area contributed by atoms with E-state index in [4.69, 9.17) is 0 Å². The standard InChI is InChI=1S/C15H20N2O3S/c1-2-12-3-5-13(6-4-12)10-16-17-15(18)9-14-7-8-21(19,20)11-14/h3-6,10,14H,2,7-9,11H2,1H3,(H,17,18)/b16-10-/t14-/m1/s1. The Labute approximate surface area is 125 Å². The molecule has 0 bridgehead atoms. The zero-order valence-corrected chi connectivity index (χ0v) is 12.9. The highest BCUT2D eigenvalue weighted by molar-refractivity contribution is 7.91. The van der Waals surface area contributed by atoms with E-state index >= 15 is 0 Å². The number of nitrogens with one attached hydrogen (secondary N) is 1. The Balaban J connectivity index is 1.79. The number of rotatable bonds is 5. The van der Waals surface area contributed by atoms with Gasteiger partial charge < -0.3 is 0 Å². The highest BCUT2D eigenvalue weighted by Crippen LogP contribution is 2.21. The maximum Gasteiger partial charge on any atom is 0.240 e. The van der Waals surface area contributed by atoms with Gasteiger partial charge in [0, 0.05) is 6.42 Å². The van der Waals surface area contributed by atoms with Crippen LogP contribution in [0, 0.1) is 5.92 Å². The molecule has 1 saturated heterocycles. The van der Waals surface area contributed by atoms with E-state index in [0.29, 0.717) is 6.42 Å². The van der Waals surface area contributed by atoms with E-state index in [0.717, 1.165) is 12.0 Å². The molecule has 2 rings (SSSR count). The van der Waals surface area contributed by atoms with E-state index in [1.165, 1.54) is 5.56 Å². The van der Waals surface area contributed by atoms with Gasteiger partial charge in [0.1, 0.15) is 0 Å². The molecule has 1 aromatic rings. The summed E-state index contributed by atoms with van der Waals surface area (Å²) in [7, 11) is -2.93. The molecule has 0 unspecified atom stereocenters. The van der Waals surface area contributed by atoms with Crippen LogP contribution < -0.4 is 5.43 Å². The van der Waals surface area contributed by atoms with Crippen LogP contribution in [0.5, 0.6) is 0 Å². The highest BCUT2D eigenvalue weighted by Gasteiger charge is 2.29. The molecule has 1 aromatic carbocycles. The predicted molar refractivity (Wildman–Crippen MR) is 82.9 cm³/mol. The average Bonchev–Trinajstić information content (AvgIpc) is 2.78. The summed E-state index contributed by atoms with van der Waals surface area (Å²) in [6, 6.07) is 7.93. The van der Waals surface area contributed by atoms with Crippen LogP contribution >= 0.6 is 0 Å². The van der Waals surface area contributed by atoms with Crippen LogP contribution in [0.2, 0.25) is 0 Å². The summed E-state index contributed by atoms with van der Waals surface area (Å²) < 4.78 is 22.6. The molecule has 0 spiro atoms. The van der Waals surface area contributed by atoms with Gasteiger partial charge in [0.25, 0.3) is 0 Å². The summed E-state index contributed by atoms with van der Waals surface area (Å²) in [4.78, 5) is 11.7. The van der Waals surface area contributed by atoms with Gasteiger partial charge >= 0.3 is 0 Å². The van der Waals surface area contributed by atoms with Gasteiger partial charge in [0.2, 0.25) is 5.91 Å². The second-order valence-corrected chi connectivity index (χ2v) is 7.59. The maximum absolute atomic E-state index is 11.7. The Hall–Kier alpha value is -1.69.